The van der Waals surface area contributed by atoms with E-state index in [9.17, 15) is 8.42 Å². The maximum Gasteiger partial charge on any atom is 0.214 e. The van der Waals surface area contributed by atoms with Crippen LogP contribution in [0.4, 0.5) is 0 Å². The monoisotopic (exact) mass is 218 g/mol. The van der Waals surface area contributed by atoms with Crippen molar-refractivity contribution in [1.82, 2.24) is 9.62 Å². The lowest BCUT2D eigenvalue weighted by Crippen LogP contribution is -2.43. The Kier molecular flexibility index (Phi) is 2.81. The summed E-state index contributed by atoms with van der Waals surface area (Å²) < 4.78 is 25.3. The van der Waals surface area contributed by atoms with Gasteiger partial charge in [0.2, 0.25) is 10.0 Å². The molecule has 0 saturated carbocycles. The van der Waals surface area contributed by atoms with E-state index in [0.717, 1.165) is 32.5 Å². The lowest BCUT2D eigenvalue weighted by atomic mass is 10.1. The molecule has 0 spiro atoms. The van der Waals surface area contributed by atoms with Crippen LogP contribution in [-0.4, -0.2) is 44.2 Å². The van der Waals surface area contributed by atoms with Crippen molar-refractivity contribution in [2.45, 2.75) is 25.8 Å². The van der Waals surface area contributed by atoms with E-state index in [-0.39, 0.29) is 6.04 Å². The summed E-state index contributed by atoms with van der Waals surface area (Å²) in [7, 11) is -2.93. The summed E-state index contributed by atoms with van der Waals surface area (Å²) in [5, 5.41) is 3.26. The topological polar surface area (TPSA) is 49.4 Å². The molecule has 2 aliphatic rings. The highest BCUT2D eigenvalue weighted by Gasteiger charge is 2.38. The summed E-state index contributed by atoms with van der Waals surface area (Å²) in [5.74, 6) is 0.645. The molecule has 2 saturated heterocycles. The van der Waals surface area contributed by atoms with Gasteiger partial charge in [-0.2, -0.15) is 4.31 Å². The van der Waals surface area contributed by atoms with E-state index in [4.69, 9.17) is 0 Å². The second kappa shape index (κ2) is 3.79. The Labute approximate surface area is 85.7 Å². The molecule has 0 aromatic rings. The molecule has 0 aromatic carbocycles. The van der Waals surface area contributed by atoms with Gasteiger partial charge in [0.15, 0.2) is 0 Å². The summed E-state index contributed by atoms with van der Waals surface area (Å²) in [6.07, 6.45) is 1.93. The van der Waals surface area contributed by atoms with Crippen molar-refractivity contribution >= 4 is 10.0 Å². The Bertz CT molecular complexity index is 296. The zero-order valence-corrected chi connectivity index (χ0v) is 9.39. The van der Waals surface area contributed by atoms with E-state index in [1.54, 1.807) is 4.31 Å². The Morgan fingerprint density at radius 3 is 2.43 bits per heavy atom. The molecule has 82 valence electrons. The van der Waals surface area contributed by atoms with E-state index in [1.165, 1.54) is 0 Å². The van der Waals surface area contributed by atoms with Crippen molar-refractivity contribution in [3.63, 3.8) is 0 Å². The average molecular weight is 218 g/mol. The van der Waals surface area contributed by atoms with Crippen molar-refractivity contribution in [1.29, 1.82) is 0 Å². The fraction of sp³-hybridized carbons (Fsp3) is 1.00. The van der Waals surface area contributed by atoms with E-state index in [0.29, 0.717) is 11.7 Å². The third-order valence-electron chi connectivity index (χ3n) is 3.06. The van der Waals surface area contributed by atoms with Crippen LogP contribution in [-0.2, 0) is 10.0 Å². The van der Waals surface area contributed by atoms with Gasteiger partial charge in [0.1, 0.15) is 0 Å². The van der Waals surface area contributed by atoms with Crippen LogP contribution in [0.15, 0.2) is 0 Å². The molecule has 1 atom stereocenters. The second-order valence-corrected chi connectivity index (χ2v) is 6.40. The summed E-state index contributed by atoms with van der Waals surface area (Å²) in [5.41, 5.74) is 0. The van der Waals surface area contributed by atoms with E-state index >= 15 is 0 Å². The summed E-state index contributed by atoms with van der Waals surface area (Å²) >= 11 is 0. The van der Waals surface area contributed by atoms with Gasteiger partial charge in [-0.25, -0.2) is 8.42 Å². The lowest BCUT2D eigenvalue weighted by Gasteiger charge is -2.30. The van der Waals surface area contributed by atoms with Crippen molar-refractivity contribution < 1.29 is 8.42 Å². The van der Waals surface area contributed by atoms with Crippen LogP contribution in [0.3, 0.4) is 0 Å². The molecule has 2 aliphatic heterocycles. The number of piperidine rings is 1. The molecule has 0 aliphatic carbocycles. The van der Waals surface area contributed by atoms with Gasteiger partial charge in [-0.1, -0.05) is 6.92 Å². The molecular formula is C9H18N2O2S. The third kappa shape index (κ3) is 1.94. The van der Waals surface area contributed by atoms with Crippen LogP contribution in [0, 0.1) is 5.92 Å². The van der Waals surface area contributed by atoms with Gasteiger partial charge in [0.05, 0.1) is 5.75 Å². The first kappa shape index (κ1) is 10.4. The minimum atomic E-state index is -2.93. The highest BCUT2D eigenvalue weighted by atomic mass is 32.2. The van der Waals surface area contributed by atoms with Gasteiger partial charge in [-0.05, 0) is 31.8 Å². The highest BCUT2D eigenvalue weighted by molar-refractivity contribution is 7.89. The first-order chi connectivity index (χ1) is 6.59. The maximum absolute atomic E-state index is 11.8. The molecule has 1 N–H and O–H groups in total. The predicted octanol–water partition coefficient (Wildman–Crippen LogP) is 0.0199. The molecule has 5 heteroatoms. The molecule has 1 unspecified atom stereocenters. The van der Waals surface area contributed by atoms with Gasteiger partial charge in [-0.15, -0.1) is 0 Å². The number of nitrogens with zero attached hydrogens (tertiary/aromatic N) is 1. The number of hydrogen-bond donors (Lipinski definition) is 1. The zero-order chi connectivity index (χ0) is 10.2. The molecule has 0 bridgehead atoms. The quantitative estimate of drug-likeness (QED) is 0.675. The standard InChI is InChI=1S/C9H18N2O2S/c1-8-6-11(14(12,13)7-8)9-2-4-10-5-3-9/h8-10H,2-7H2,1H3. The molecular weight excluding hydrogens is 200 g/mol. The van der Waals surface area contributed by atoms with Crippen molar-refractivity contribution in [2.24, 2.45) is 5.92 Å². The molecule has 14 heavy (non-hydrogen) atoms. The summed E-state index contributed by atoms with van der Waals surface area (Å²) in [4.78, 5) is 0. The zero-order valence-electron chi connectivity index (χ0n) is 8.57. The van der Waals surface area contributed by atoms with Crippen LogP contribution >= 0.6 is 0 Å². The fourth-order valence-electron chi connectivity index (χ4n) is 2.40. The van der Waals surface area contributed by atoms with Gasteiger partial charge in [-0.3, -0.25) is 0 Å². The predicted molar refractivity (Wildman–Crippen MR) is 55.5 cm³/mol. The molecule has 4 nitrogen and oxygen atoms in total. The minimum Gasteiger partial charge on any atom is -0.317 e. The maximum atomic E-state index is 11.8. The Morgan fingerprint density at radius 2 is 1.93 bits per heavy atom. The Hall–Kier alpha value is -0.130. The molecule has 0 aromatic heterocycles. The number of rotatable bonds is 1. The first-order valence-corrected chi connectivity index (χ1v) is 6.91. The highest BCUT2D eigenvalue weighted by Crippen LogP contribution is 2.25. The van der Waals surface area contributed by atoms with Crippen molar-refractivity contribution in [3.8, 4) is 0 Å². The molecule has 0 radical (unpaired) electrons. The van der Waals surface area contributed by atoms with Crippen LogP contribution < -0.4 is 5.32 Å². The van der Waals surface area contributed by atoms with E-state index in [2.05, 4.69) is 5.32 Å². The Morgan fingerprint density at radius 1 is 1.29 bits per heavy atom. The summed E-state index contributed by atoms with van der Waals surface area (Å²) in [6, 6.07) is 0.256. The van der Waals surface area contributed by atoms with Crippen LogP contribution in [0.1, 0.15) is 19.8 Å². The number of hydrogen-bond acceptors (Lipinski definition) is 3. The SMILES string of the molecule is CC1CN(C2CCNCC2)S(=O)(=O)C1. The molecule has 0 amide bonds. The van der Waals surface area contributed by atoms with E-state index in [1.807, 2.05) is 6.92 Å². The van der Waals surface area contributed by atoms with Gasteiger partial charge < -0.3 is 5.32 Å². The average Bonchev–Trinajstić information content (AvgIpc) is 2.41. The molecule has 2 fully saturated rings. The van der Waals surface area contributed by atoms with Crippen LogP contribution in [0.5, 0.6) is 0 Å². The number of nitrogens with one attached hydrogen (secondary N) is 1. The first-order valence-electron chi connectivity index (χ1n) is 5.30. The van der Waals surface area contributed by atoms with E-state index < -0.39 is 10.0 Å². The normalized spacial score (nSPS) is 34.8. The molecule has 2 rings (SSSR count). The smallest absolute Gasteiger partial charge is 0.214 e. The largest absolute Gasteiger partial charge is 0.317 e. The second-order valence-electron chi connectivity index (χ2n) is 4.43. The van der Waals surface area contributed by atoms with Gasteiger partial charge in [0.25, 0.3) is 0 Å². The Balaban J connectivity index is 2.09. The van der Waals surface area contributed by atoms with Crippen molar-refractivity contribution in [3.05, 3.63) is 0 Å². The minimum absolute atomic E-state index is 0.256. The number of sulfonamides is 1. The summed E-state index contributed by atoms with van der Waals surface area (Å²) in [6.45, 7) is 4.64. The van der Waals surface area contributed by atoms with Crippen molar-refractivity contribution in [2.75, 3.05) is 25.4 Å². The van der Waals surface area contributed by atoms with Crippen LogP contribution in [0.2, 0.25) is 0 Å². The van der Waals surface area contributed by atoms with Gasteiger partial charge in [0, 0.05) is 12.6 Å². The van der Waals surface area contributed by atoms with Gasteiger partial charge >= 0.3 is 0 Å². The molecule has 2 heterocycles. The van der Waals surface area contributed by atoms with Crippen LogP contribution in [0.25, 0.3) is 0 Å². The fourth-order valence-corrected chi connectivity index (χ4v) is 4.56. The lowest BCUT2D eigenvalue weighted by molar-refractivity contribution is 0.264. The third-order valence-corrected chi connectivity index (χ3v) is 5.21.